The maximum atomic E-state index is 10.4. The number of rotatable bonds is 1. The molecular formula is C17H12N2O3. The van der Waals surface area contributed by atoms with E-state index in [1.54, 1.807) is 6.07 Å². The Labute approximate surface area is 125 Å². The monoisotopic (exact) mass is 292 g/mol. The third-order valence-electron chi connectivity index (χ3n) is 4.11. The summed E-state index contributed by atoms with van der Waals surface area (Å²) in [4.78, 5) is 3.25. The van der Waals surface area contributed by atoms with Crippen LogP contribution in [0.3, 0.4) is 0 Å². The van der Waals surface area contributed by atoms with Gasteiger partial charge in [0.25, 0.3) is 0 Å². The quantitative estimate of drug-likeness (QED) is 0.564. The number of ether oxygens (including phenoxy) is 2. The average Bonchev–Trinajstić information content (AvgIpc) is 3.21. The summed E-state index contributed by atoms with van der Waals surface area (Å²) < 4.78 is 12.8. The highest BCUT2D eigenvalue weighted by molar-refractivity contribution is 6.06. The van der Waals surface area contributed by atoms with Crippen molar-refractivity contribution >= 4 is 16.6 Å². The minimum atomic E-state index is 0.178. The minimum Gasteiger partial charge on any atom is -0.507 e. The first-order valence-corrected chi connectivity index (χ1v) is 7.02. The molecule has 0 saturated carbocycles. The Balaban J connectivity index is 1.91. The second kappa shape index (κ2) is 3.98. The molecule has 0 spiro atoms. The van der Waals surface area contributed by atoms with Gasteiger partial charge in [-0.05, 0) is 12.1 Å². The zero-order valence-electron chi connectivity index (χ0n) is 11.5. The Morgan fingerprint density at radius 1 is 1.09 bits per heavy atom. The van der Waals surface area contributed by atoms with Gasteiger partial charge in [-0.15, -0.1) is 0 Å². The maximum absolute atomic E-state index is 10.4. The molecule has 0 fully saturated rings. The summed E-state index contributed by atoms with van der Waals surface area (Å²) in [5, 5.41) is 11.5. The zero-order chi connectivity index (χ0) is 14.7. The van der Waals surface area contributed by atoms with E-state index in [1.165, 1.54) is 0 Å². The minimum absolute atomic E-state index is 0.178. The van der Waals surface area contributed by atoms with Crippen LogP contribution in [0, 0.1) is 0 Å². The molecule has 0 saturated heterocycles. The van der Waals surface area contributed by atoms with Crippen molar-refractivity contribution in [3.63, 3.8) is 0 Å². The largest absolute Gasteiger partial charge is 0.507 e. The van der Waals surface area contributed by atoms with Crippen LogP contribution in [-0.4, -0.2) is 21.3 Å². The molecule has 2 aromatic carbocycles. The van der Waals surface area contributed by atoms with Crippen LogP contribution < -0.4 is 9.47 Å². The maximum Gasteiger partial charge on any atom is 0.231 e. The third-order valence-corrected chi connectivity index (χ3v) is 4.11. The predicted octanol–water partition coefficient (Wildman–Crippen LogP) is 3.52. The first-order valence-electron chi connectivity index (χ1n) is 7.02. The summed E-state index contributed by atoms with van der Waals surface area (Å²) in [6.07, 6.45) is 3.86. The summed E-state index contributed by atoms with van der Waals surface area (Å²) in [6.45, 7) is 0.187. The molecule has 1 aliphatic rings. The number of phenols is 1. The Kier molecular flexibility index (Phi) is 2.09. The molecule has 0 unspecified atom stereocenters. The Morgan fingerprint density at radius 2 is 1.91 bits per heavy atom. The number of H-pyrrole nitrogens is 1. The Bertz CT molecular complexity index is 1030. The van der Waals surface area contributed by atoms with Crippen LogP contribution >= 0.6 is 0 Å². The molecule has 3 heterocycles. The molecule has 1 aliphatic heterocycles. The van der Waals surface area contributed by atoms with Gasteiger partial charge >= 0.3 is 0 Å². The van der Waals surface area contributed by atoms with Crippen LogP contribution in [0.25, 0.3) is 27.7 Å². The molecule has 0 radical (unpaired) electrons. The van der Waals surface area contributed by atoms with Crippen molar-refractivity contribution in [2.75, 3.05) is 6.79 Å². The number of aromatic nitrogens is 2. The number of aromatic amines is 1. The number of phenolic OH excluding ortho intramolecular Hbond substituents is 1. The Hall–Kier alpha value is -3.08. The van der Waals surface area contributed by atoms with Crippen molar-refractivity contribution in [2.24, 2.45) is 0 Å². The van der Waals surface area contributed by atoms with Crippen LogP contribution in [0.15, 0.2) is 48.8 Å². The smallest absolute Gasteiger partial charge is 0.231 e. The molecular weight excluding hydrogens is 280 g/mol. The number of hydrogen-bond donors (Lipinski definition) is 2. The number of fused-ring (bicyclic) bond motifs is 4. The molecule has 4 aromatic rings. The highest BCUT2D eigenvalue weighted by Gasteiger charge is 2.22. The summed E-state index contributed by atoms with van der Waals surface area (Å²) in [6, 6.07) is 11.6. The van der Waals surface area contributed by atoms with Crippen molar-refractivity contribution in [3.8, 4) is 28.4 Å². The van der Waals surface area contributed by atoms with Crippen LogP contribution in [-0.2, 0) is 0 Å². The predicted molar refractivity (Wildman–Crippen MR) is 82.5 cm³/mol. The second-order valence-corrected chi connectivity index (χ2v) is 5.29. The van der Waals surface area contributed by atoms with E-state index in [9.17, 15) is 5.11 Å². The lowest BCUT2D eigenvalue weighted by Crippen LogP contribution is -1.92. The first-order chi connectivity index (χ1) is 10.8. The van der Waals surface area contributed by atoms with Gasteiger partial charge in [-0.25, -0.2) is 0 Å². The highest BCUT2D eigenvalue weighted by Crippen LogP contribution is 2.45. The van der Waals surface area contributed by atoms with Gasteiger partial charge in [0, 0.05) is 35.0 Å². The Morgan fingerprint density at radius 3 is 2.82 bits per heavy atom. The average molecular weight is 292 g/mol. The molecule has 5 rings (SSSR count). The molecule has 0 atom stereocenters. The highest BCUT2D eigenvalue weighted by atomic mass is 16.7. The molecule has 2 N–H and O–H groups in total. The van der Waals surface area contributed by atoms with E-state index in [2.05, 4.69) is 21.5 Å². The number of para-hydroxylation sites is 1. The van der Waals surface area contributed by atoms with Gasteiger partial charge in [0.15, 0.2) is 11.5 Å². The van der Waals surface area contributed by atoms with E-state index >= 15 is 0 Å². The van der Waals surface area contributed by atoms with E-state index in [4.69, 9.17) is 9.47 Å². The van der Waals surface area contributed by atoms with Crippen molar-refractivity contribution < 1.29 is 14.6 Å². The van der Waals surface area contributed by atoms with Gasteiger partial charge in [-0.2, -0.15) is 0 Å². The van der Waals surface area contributed by atoms with Crippen molar-refractivity contribution in [3.05, 3.63) is 48.8 Å². The van der Waals surface area contributed by atoms with Crippen LogP contribution in [0.4, 0.5) is 0 Å². The summed E-state index contributed by atoms with van der Waals surface area (Å²) in [7, 11) is 0. The van der Waals surface area contributed by atoms with Gasteiger partial charge in [0.05, 0.1) is 5.52 Å². The lowest BCUT2D eigenvalue weighted by Gasteiger charge is -2.06. The van der Waals surface area contributed by atoms with Gasteiger partial charge < -0.3 is 24.0 Å². The van der Waals surface area contributed by atoms with Gasteiger partial charge in [-0.3, -0.25) is 0 Å². The number of imidazole rings is 1. The van der Waals surface area contributed by atoms with E-state index in [-0.39, 0.29) is 12.5 Å². The SMILES string of the molecule is Oc1cc2c(cc1-c1c3ccccc3n3cc[nH]c13)OCO2. The lowest BCUT2D eigenvalue weighted by atomic mass is 10.0. The fourth-order valence-corrected chi connectivity index (χ4v) is 3.15. The van der Waals surface area contributed by atoms with E-state index in [1.807, 2.05) is 30.6 Å². The number of nitrogens with zero attached hydrogens (tertiary/aromatic N) is 1. The molecule has 108 valence electrons. The van der Waals surface area contributed by atoms with E-state index in [0.29, 0.717) is 11.5 Å². The molecule has 22 heavy (non-hydrogen) atoms. The summed E-state index contributed by atoms with van der Waals surface area (Å²) in [5.74, 6) is 1.41. The second-order valence-electron chi connectivity index (χ2n) is 5.29. The topological polar surface area (TPSA) is 58.9 Å². The van der Waals surface area contributed by atoms with Gasteiger partial charge in [-0.1, -0.05) is 18.2 Å². The number of benzene rings is 2. The number of hydrogen-bond acceptors (Lipinski definition) is 3. The van der Waals surface area contributed by atoms with E-state index < -0.39 is 0 Å². The number of aromatic hydroxyl groups is 1. The van der Waals surface area contributed by atoms with Gasteiger partial charge in [0.2, 0.25) is 6.79 Å². The van der Waals surface area contributed by atoms with Crippen LogP contribution in [0.5, 0.6) is 17.2 Å². The molecule has 0 amide bonds. The van der Waals surface area contributed by atoms with Gasteiger partial charge in [0.1, 0.15) is 11.4 Å². The third kappa shape index (κ3) is 1.37. The van der Waals surface area contributed by atoms with E-state index in [0.717, 1.165) is 27.7 Å². The van der Waals surface area contributed by atoms with Crippen molar-refractivity contribution in [2.45, 2.75) is 0 Å². The fraction of sp³-hybridized carbons (Fsp3) is 0.0588. The van der Waals surface area contributed by atoms with Crippen molar-refractivity contribution in [1.29, 1.82) is 0 Å². The lowest BCUT2D eigenvalue weighted by molar-refractivity contribution is 0.174. The summed E-state index contributed by atoms with van der Waals surface area (Å²) >= 11 is 0. The molecule has 0 aliphatic carbocycles. The first kappa shape index (κ1) is 11.6. The zero-order valence-corrected chi connectivity index (χ0v) is 11.5. The summed E-state index contributed by atoms with van der Waals surface area (Å²) in [5.41, 5.74) is 3.71. The van der Waals surface area contributed by atoms with Crippen molar-refractivity contribution in [1.82, 2.24) is 9.38 Å². The standard InChI is InChI=1S/C17H12N2O3/c20-13-8-15-14(21-9-22-15)7-11(13)16-10-3-1-2-4-12(10)19-6-5-18-17(16)19/h1-8,18,20H,9H2. The molecule has 0 bridgehead atoms. The molecule has 5 heteroatoms. The van der Waals surface area contributed by atoms with Crippen LogP contribution in [0.1, 0.15) is 0 Å². The van der Waals surface area contributed by atoms with Crippen LogP contribution in [0.2, 0.25) is 0 Å². The molecule has 5 nitrogen and oxygen atoms in total. The fourth-order valence-electron chi connectivity index (χ4n) is 3.15. The molecule has 2 aromatic heterocycles. The number of nitrogens with one attached hydrogen (secondary N) is 1. The normalized spacial score (nSPS) is 13.3.